The van der Waals surface area contributed by atoms with E-state index in [2.05, 4.69) is 31.2 Å². The van der Waals surface area contributed by atoms with Gasteiger partial charge < -0.3 is 4.74 Å². The highest BCUT2D eigenvalue weighted by Crippen LogP contribution is 2.06. The van der Waals surface area contributed by atoms with Gasteiger partial charge in [-0.25, -0.2) is 0 Å². The molecule has 0 atom stereocenters. The summed E-state index contributed by atoms with van der Waals surface area (Å²) in [7, 11) is 0. The van der Waals surface area contributed by atoms with Crippen LogP contribution in [0.2, 0.25) is 0 Å². The molecule has 0 radical (unpaired) electrons. The van der Waals surface area contributed by atoms with Crippen LogP contribution < -0.4 is 0 Å². The molecule has 0 spiro atoms. The van der Waals surface area contributed by atoms with Gasteiger partial charge in [0, 0.05) is 6.92 Å². The number of hydrogen-bond donors (Lipinski definition) is 0. The molecular formula is C19H34O2. The normalized spacial score (nSPS) is 11.5. The van der Waals surface area contributed by atoms with Crippen molar-refractivity contribution in [3.63, 3.8) is 0 Å². The third kappa shape index (κ3) is 18.9. The average molecular weight is 294 g/mol. The van der Waals surface area contributed by atoms with E-state index in [0.717, 1.165) is 19.3 Å². The molecule has 0 aliphatic rings. The van der Waals surface area contributed by atoms with Gasteiger partial charge in [-0.15, -0.1) is 0 Å². The molecule has 0 aliphatic heterocycles. The summed E-state index contributed by atoms with van der Waals surface area (Å²) in [5.41, 5.74) is 0. The second-order valence-electron chi connectivity index (χ2n) is 5.57. The Morgan fingerprint density at radius 3 is 2.00 bits per heavy atom. The van der Waals surface area contributed by atoms with Crippen molar-refractivity contribution in [3.05, 3.63) is 24.3 Å². The molecule has 0 bridgehead atoms. The highest BCUT2D eigenvalue weighted by molar-refractivity contribution is 5.65. The van der Waals surface area contributed by atoms with E-state index >= 15 is 0 Å². The third-order valence-corrected chi connectivity index (χ3v) is 3.40. The van der Waals surface area contributed by atoms with Crippen molar-refractivity contribution in [2.75, 3.05) is 6.61 Å². The fourth-order valence-electron chi connectivity index (χ4n) is 2.13. The van der Waals surface area contributed by atoms with Crippen LogP contribution in [0, 0.1) is 0 Å². The number of allylic oxidation sites excluding steroid dienone is 4. The van der Waals surface area contributed by atoms with Gasteiger partial charge in [-0.1, -0.05) is 63.3 Å². The molecule has 0 amide bonds. The van der Waals surface area contributed by atoms with E-state index in [-0.39, 0.29) is 5.97 Å². The van der Waals surface area contributed by atoms with Gasteiger partial charge >= 0.3 is 5.97 Å². The summed E-state index contributed by atoms with van der Waals surface area (Å²) in [6.45, 7) is 4.29. The molecule has 0 aromatic heterocycles. The molecule has 21 heavy (non-hydrogen) atoms. The molecule has 0 fully saturated rings. The third-order valence-electron chi connectivity index (χ3n) is 3.40. The van der Waals surface area contributed by atoms with Crippen LogP contribution in [-0.2, 0) is 9.53 Å². The fraction of sp³-hybridized carbons (Fsp3) is 0.737. The summed E-state index contributed by atoms with van der Waals surface area (Å²) >= 11 is 0. The Morgan fingerprint density at radius 2 is 1.38 bits per heavy atom. The van der Waals surface area contributed by atoms with Crippen LogP contribution in [0.15, 0.2) is 24.3 Å². The highest BCUT2D eigenvalue weighted by Gasteiger charge is 1.93. The van der Waals surface area contributed by atoms with E-state index in [4.69, 9.17) is 4.74 Å². The lowest BCUT2D eigenvalue weighted by Gasteiger charge is -2.01. The maximum atomic E-state index is 10.6. The van der Waals surface area contributed by atoms with Crippen LogP contribution in [0.25, 0.3) is 0 Å². The number of carbonyl (C=O) groups excluding carboxylic acids is 1. The smallest absolute Gasteiger partial charge is 0.302 e. The summed E-state index contributed by atoms with van der Waals surface area (Å²) in [6, 6.07) is 0. The minimum Gasteiger partial charge on any atom is -0.466 e. The van der Waals surface area contributed by atoms with Crippen LogP contribution in [-0.4, -0.2) is 12.6 Å². The summed E-state index contributed by atoms with van der Waals surface area (Å²) < 4.78 is 4.90. The van der Waals surface area contributed by atoms with Crippen LogP contribution in [0.4, 0.5) is 0 Å². The molecular weight excluding hydrogens is 260 g/mol. The second-order valence-corrected chi connectivity index (χ2v) is 5.57. The molecule has 0 N–H and O–H groups in total. The predicted molar refractivity (Wildman–Crippen MR) is 91.4 cm³/mol. The number of unbranched alkanes of at least 4 members (excludes halogenated alkanes) is 8. The van der Waals surface area contributed by atoms with E-state index in [0.29, 0.717) is 6.61 Å². The number of ether oxygens (including phenoxy) is 1. The summed E-state index contributed by atoms with van der Waals surface area (Å²) in [6.07, 6.45) is 22.6. The molecule has 0 aromatic carbocycles. The zero-order valence-electron chi connectivity index (χ0n) is 14.1. The number of hydrogen-bond acceptors (Lipinski definition) is 2. The molecule has 0 saturated heterocycles. The first-order chi connectivity index (χ1) is 10.3. The zero-order chi connectivity index (χ0) is 15.6. The Labute approximate surface area is 131 Å². The van der Waals surface area contributed by atoms with E-state index in [1.807, 2.05) is 0 Å². The number of rotatable bonds is 14. The number of carbonyl (C=O) groups is 1. The second kappa shape index (κ2) is 17.0. The Kier molecular flexibility index (Phi) is 16.2. The number of esters is 1. The first kappa shape index (κ1) is 19.9. The van der Waals surface area contributed by atoms with Gasteiger partial charge in [-0.3, -0.25) is 4.79 Å². The van der Waals surface area contributed by atoms with Crippen molar-refractivity contribution in [2.45, 2.75) is 84.5 Å². The van der Waals surface area contributed by atoms with Crippen molar-refractivity contribution in [2.24, 2.45) is 0 Å². The molecule has 2 nitrogen and oxygen atoms in total. The summed E-state index contributed by atoms with van der Waals surface area (Å²) in [4.78, 5) is 10.6. The van der Waals surface area contributed by atoms with E-state index in [9.17, 15) is 4.79 Å². The Hall–Kier alpha value is -1.05. The highest BCUT2D eigenvalue weighted by atomic mass is 16.5. The Balaban J connectivity index is 3.16. The first-order valence-electron chi connectivity index (χ1n) is 8.70. The zero-order valence-corrected chi connectivity index (χ0v) is 14.1. The van der Waals surface area contributed by atoms with Gasteiger partial charge in [0.2, 0.25) is 0 Å². The van der Waals surface area contributed by atoms with Crippen molar-refractivity contribution in [1.29, 1.82) is 0 Å². The molecule has 122 valence electrons. The van der Waals surface area contributed by atoms with Gasteiger partial charge in [0.15, 0.2) is 0 Å². The topological polar surface area (TPSA) is 26.3 Å². The minimum atomic E-state index is -0.167. The van der Waals surface area contributed by atoms with Crippen LogP contribution >= 0.6 is 0 Å². The van der Waals surface area contributed by atoms with Gasteiger partial charge in [0.1, 0.15) is 0 Å². The quantitative estimate of drug-likeness (QED) is 0.224. The van der Waals surface area contributed by atoms with Gasteiger partial charge in [0.05, 0.1) is 6.61 Å². The fourth-order valence-corrected chi connectivity index (χ4v) is 2.13. The SMILES string of the molecule is CCCCC/C=C\C/C=C\CCCCCCCOC(C)=O. The summed E-state index contributed by atoms with van der Waals surface area (Å²) in [5.74, 6) is -0.167. The molecule has 0 aromatic rings. The van der Waals surface area contributed by atoms with Crippen molar-refractivity contribution >= 4 is 5.97 Å². The first-order valence-corrected chi connectivity index (χ1v) is 8.70. The Morgan fingerprint density at radius 1 is 0.810 bits per heavy atom. The van der Waals surface area contributed by atoms with Crippen molar-refractivity contribution < 1.29 is 9.53 Å². The molecule has 2 heteroatoms. The molecule has 0 rings (SSSR count). The molecule has 0 saturated carbocycles. The largest absolute Gasteiger partial charge is 0.466 e. The standard InChI is InChI=1S/C19H34O2/c1-3-4-5-6-7-8-9-10-11-12-13-14-15-16-17-18-21-19(2)20/h7-8,10-11H,3-6,9,12-18H2,1-2H3/b8-7-,11-10-. The molecule has 0 aliphatic carbocycles. The van der Waals surface area contributed by atoms with Gasteiger partial charge in [-0.05, 0) is 38.5 Å². The van der Waals surface area contributed by atoms with Crippen molar-refractivity contribution in [3.8, 4) is 0 Å². The summed E-state index contributed by atoms with van der Waals surface area (Å²) in [5, 5.41) is 0. The van der Waals surface area contributed by atoms with Crippen LogP contribution in [0.3, 0.4) is 0 Å². The van der Waals surface area contributed by atoms with Crippen LogP contribution in [0.5, 0.6) is 0 Å². The van der Waals surface area contributed by atoms with Crippen molar-refractivity contribution in [1.82, 2.24) is 0 Å². The predicted octanol–water partition coefficient (Wildman–Crippen LogP) is 5.97. The van der Waals surface area contributed by atoms with Gasteiger partial charge in [0.25, 0.3) is 0 Å². The molecule has 0 unspecified atom stereocenters. The lowest BCUT2D eigenvalue weighted by Crippen LogP contribution is -1.99. The maximum Gasteiger partial charge on any atom is 0.302 e. The van der Waals surface area contributed by atoms with Crippen LogP contribution in [0.1, 0.15) is 84.5 Å². The monoisotopic (exact) mass is 294 g/mol. The Bertz CT molecular complexity index is 279. The van der Waals surface area contributed by atoms with Gasteiger partial charge in [-0.2, -0.15) is 0 Å². The lowest BCUT2D eigenvalue weighted by atomic mass is 10.1. The maximum absolute atomic E-state index is 10.6. The molecule has 0 heterocycles. The minimum absolute atomic E-state index is 0.167. The average Bonchev–Trinajstić information content (AvgIpc) is 2.46. The van der Waals surface area contributed by atoms with E-state index < -0.39 is 0 Å². The van der Waals surface area contributed by atoms with E-state index in [1.165, 1.54) is 58.3 Å². The van der Waals surface area contributed by atoms with E-state index in [1.54, 1.807) is 0 Å². The lowest BCUT2D eigenvalue weighted by molar-refractivity contribution is -0.141.